The van der Waals surface area contributed by atoms with E-state index >= 15 is 0 Å². The molecular weight excluding hydrogens is 400 g/mol. The number of nitrogens with one attached hydrogen (secondary N) is 1. The van der Waals surface area contributed by atoms with Crippen LogP contribution in [0.3, 0.4) is 0 Å². The normalized spacial score (nSPS) is 21.0. The zero-order valence-electron chi connectivity index (χ0n) is 17.9. The highest BCUT2D eigenvalue weighted by Gasteiger charge is 2.51. The lowest BCUT2D eigenvalue weighted by Crippen LogP contribution is -2.67. The minimum absolute atomic E-state index is 0.0183. The molecule has 2 aromatic rings. The molecule has 2 fully saturated rings. The van der Waals surface area contributed by atoms with Crippen LogP contribution in [0.4, 0.5) is 16.2 Å². The molecule has 2 aliphatic heterocycles. The van der Waals surface area contributed by atoms with Crippen molar-refractivity contribution in [3.05, 3.63) is 36.7 Å². The maximum Gasteiger partial charge on any atom is 0.321 e. The highest BCUT2D eigenvalue weighted by molar-refractivity contribution is 5.98. The Labute approximate surface area is 180 Å². The lowest BCUT2D eigenvalue weighted by Gasteiger charge is -2.47. The molecule has 2 saturated heterocycles. The van der Waals surface area contributed by atoms with E-state index in [0.717, 1.165) is 0 Å². The molecular formula is C21H26N6O4. The van der Waals surface area contributed by atoms with Gasteiger partial charge in [-0.1, -0.05) is 6.07 Å². The molecule has 10 nitrogen and oxygen atoms in total. The lowest BCUT2D eigenvalue weighted by atomic mass is 9.92. The van der Waals surface area contributed by atoms with Gasteiger partial charge in [0.25, 0.3) is 0 Å². The van der Waals surface area contributed by atoms with E-state index in [1.807, 2.05) is 0 Å². The van der Waals surface area contributed by atoms with Gasteiger partial charge < -0.3 is 24.8 Å². The first-order chi connectivity index (χ1) is 14.8. The van der Waals surface area contributed by atoms with Gasteiger partial charge >= 0.3 is 6.03 Å². The maximum absolute atomic E-state index is 12.9. The van der Waals surface area contributed by atoms with Gasteiger partial charge in [-0.25, -0.2) is 4.79 Å². The second-order valence-corrected chi connectivity index (χ2v) is 8.02. The Morgan fingerprint density at radius 2 is 2.06 bits per heavy atom. The van der Waals surface area contributed by atoms with E-state index in [2.05, 4.69) is 10.4 Å². The zero-order chi connectivity index (χ0) is 22.2. The minimum atomic E-state index is -0.638. The van der Waals surface area contributed by atoms with Crippen LogP contribution >= 0.6 is 0 Å². The Kier molecular flexibility index (Phi) is 5.30. The SMILES string of the molecule is COc1cccc(NC(=O)N2CC[C@]3(C2)CN(c2cnn(C)c2)C(=O)CN3C(C)=O)c1. The van der Waals surface area contributed by atoms with Crippen LogP contribution in [0.1, 0.15) is 13.3 Å². The van der Waals surface area contributed by atoms with Crippen LogP contribution in [-0.4, -0.2) is 76.3 Å². The molecule has 1 spiro atoms. The topological polar surface area (TPSA) is 100 Å². The molecule has 0 aliphatic carbocycles. The summed E-state index contributed by atoms with van der Waals surface area (Å²) in [6, 6.07) is 6.89. The average Bonchev–Trinajstić information content (AvgIpc) is 3.36. The second-order valence-electron chi connectivity index (χ2n) is 8.02. The predicted octanol–water partition coefficient (Wildman–Crippen LogP) is 1.30. The number of urea groups is 1. The second kappa shape index (κ2) is 7.93. The van der Waals surface area contributed by atoms with Crippen molar-refractivity contribution in [2.75, 3.05) is 43.5 Å². The molecule has 0 unspecified atom stereocenters. The fourth-order valence-corrected chi connectivity index (χ4v) is 4.37. The van der Waals surface area contributed by atoms with Crippen molar-refractivity contribution < 1.29 is 19.1 Å². The molecule has 4 amide bonds. The van der Waals surface area contributed by atoms with E-state index in [1.54, 1.807) is 70.2 Å². The number of carbonyl (C=O) groups is 3. The Balaban J connectivity index is 1.54. The van der Waals surface area contributed by atoms with Crippen molar-refractivity contribution in [3.8, 4) is 5.75 Å². The summed E-state index contributed by atoms with van der Waals surface area (Å²) in [6.45, 7) is 2.59. The first-order valence-electron chi connectivity index (χ1n) is 10.1. The lowest BCUT2D eigenvalue weighted by molar-refractivity contribution is -0.142. The number of aromatic nitrogens is 2. The molecule has 1 atom stereocenters. The number of methoxy groups -OCH3 is 1. The monoisotopic (exact) mass is 426 g/mol. The first kappa shape index (κ1) is 20.7. The molecule has 1 aromatic heterocycles. The van der Waals surface area contributed by atoms with E-state index < -0.39 is 5.54 Å². The molecule has 31 heavy (non-hydrogen) atoms. The summed E-state index contributed by atoms with van der Waals surface area (Å²) >= 11 is 0. The van der Waals surface area contributed by atoms with Gasteiger partial charge in [0.05, 0.1) is 31.1 Å². The van der Waals surface area contributed by atoms with E-state index in [-0.39, 0.29) is 24.4 Å². The van der Waals surface area contributed by atoms with E-state index in [1.165, 1.54) is 6.92 Å². The van der Waals surface area contributed by atoms with Gasteiger partial charge in [0, 0.05) is 45.0 Å². The van der Waals surface area contributed by atoms with Gasteiger partial charge in [-0.05, 0) is 18.6 Å². The quantitative estimate of drug-likeness (QED) is 0.798. The highest BCUT2D eigenvalue weighted by Crippen LogP contribution is 2.34. The van der Waals surface area contributed by atoms with Gasteiger partial charge in [-0.15, -0.1) is 0 Å². The van der Waals surface area contributed by atoms with Crippen LogP contribution < -0.4 is 15.0 Å². The summed E-state index contributed by atoms with van der Waals surface area (Å²) in [4.78, 5) is 43.0. The summed E-state index contributed by atoms with van der Waals surface area (Å²) in [5, 5.41) is 7.05. The number of hydrogen-bond acceptors (Lipinski definition) is 5. The molecule has 0 bridgehead atoms. The zero-order valence-corrected chi connectivity index (χ0v) is 17.9. The van der Waals surface area contributed by atoms with Crippen LogP contribution in [0.5, 0.6) is 5.75 Å². The van der Waals surface area contributed by atoms with Gasteiger partial charge in [0.1, 0.15) is 12.3 Å². The predicted molar refractivity (Wildman–Crippen MR) is 114 cm³/mol. The third kappa shape index (κ3) is 3.92. The third-order valence-corrected chi connectivity index (χ3v) is 5.94. The Morgan fingerprint density at radius 1 is 1.26 bits per heavy atom. The number of likely N-dealkylation sites (tertiary alicyclic amines) is 1. The van der Waals surface area contributed by atoms with Crippen molar-refractivity contribution in [2.45, 2.75) is 18.9 Å². The molecule has 1 aromatic carbocycles. The number of rotatable bonds is 3. The molecule has 0 radical (unpaired) electrons. The molecule has 4 rings (SSSR count). The van der Waals surface area contributed by atoms with Crippen LogP contribution in [0.2, 0.25) is 0 Å². The molecule has 10 heteroatoms. The highest BCUT2D eigenvalue weighted by atomic mass is 16.5. The van der Waals surface area contributed by atoms with E-state index in [9.17, 15) is 14.4 Å². The number of carbonyl (C=O) groups excluding carboxylic acids is 3. The van der Waals surface area contributed by atoms with Gasteiger partial charge in [0.15, 0.2) is 0 Å². The fraction of sp³-hybridized carbons (Fsp3) is 0.429. The Bertz CT molecular complexity index is 1020. The van der Waals surface area contributed by atoms with Crippen molar-refractivity contribution in [2.24, 2.45) is 7.05 Å². The number of nitrogens with zero attached hydrogens (tertiary/aromatic N) is 5. The standard InChI is InChI=1S/C21H26N6O4/c1-15(28)27-12-19(29)26(17-10-22-24(2)11-17)14-21(27)7-8-25(13-21)20(30)23-16-5-4-6-18(9-16)31-3/h4-6,9-11H,7-8,12-14H2,1-3H3,(H,23,30)/t21-/m0/s1. The smallest absolute Gasteiger partial charge is 0.321 e. The number of anilines is 2. The average molecular weight is 426 g/mol. The summed E-state index contributed by atoms with van der Waals surface area (Å²) in [5.41, 5.74) is 0.681. The minimum Gasteiger partial charge on any atom is -0.497 e. The molecule has 1 N–H and O–H groups in total. The van der Waals surface area contributed by atoms with Crippen molar-refractivity contribution in [1.82, 2.24) is 19.6 Å². The van der Waals surface area contributed by atoms with Gasteiger partial charge in [0.2, 0.25) is 11.8 Å². The third-order valence-electron chi connectivity index (χ3n) is 5.94. The van der Waals surface area contributed by atoms with Crippen LogP contribution in [0.15, 0.2) is 36.7 Å². The molecule has 3 heterocycles. The summed E-state index contributed by atoms with van der Waals surface area (Å²) in [5.74, 6) is 0.318. The summed E-state index contributed by atoms with van der Waals surface area (Å²) in [6.07, 6.45) is 4.00. The van der Waals surface area contributed by atoms with E-state index in [0.29, 0.717) is 43.2 Å². The number of amides is 4. The number of ether oxygens (including phenoxy) is 1. The number of benzene rings is 1. The Hall–Kier alpha value is -3.56. The maximum atomic E-state index is 12.9. The van der Waals surface area contributed by atoms with Crippen LogP contribution in [0.25, 0.3) is 0 Å². The van der Waals surface area contributed by atoms with Gasteiger partial charge in [-0.2, -0.15) is 5.10 Å². The number of piperazine rings is 1. The largest absolute Gasteiger partial charge is 0.497 e. The molecule has 0 saturated carbocycles. The van der Waals surface area contributed by atoms with E-state index in [4.69, 9.17) is 4.74 Å². The summed E-state index contributed by atoms with van der Waals surface area (Å²) < 4.78 is 6.84. The number of hydrogen-bond donors (Lipinski definition) is 1. The van der Waals surface area contributed by atoms with Crippen molar-refractivity contribution in [3.63, 3.8) is 0 Å². The van der Waals surface area contributed by atoms with Crippen LogP contribution in [-0.2, 0) is 16.6 Å². The Morgan fingerprint density at radius 3 is 2.74 bits per heavy atom. The van der Waals surface area contributed by atoms with Gasteiger partial charge in [-0.3, -0.25) is 14.3 Å². The van der Waals surface area contributed by atoms with Crippen molar-refractivity contribution >= 4 is 29.2 Å². The molecule has 2 aliphatic rings. The fourth-order valence-electron chi connectivity index (χ4n) is 4.37. The van der Waals surface area contributed by atoms with Crippen LogP contribution in [0, 0.1) is 0 Å². The summed E-state index contributed by atoms with van der Waals surface area (Å²) in [7, 11) is 3.36. The molecule has 164 valence electrons. The van der Waals surface area contributed by atoms with Crippen molar-refractivity contribution in [1.29, 1.82) is 0 Å². The first-order valence-corrected chi connectivity index (χ1v) is 10.1. The number of aryl methyl sites for hydroxylation is 1.